The lowest BCUT2D eigenvalue weighted by Gasteiger charge is -2.24. The average Bonchev–Trinajstić information content (AvgIpc) is 2.41. The molecular formula is C14H25N3O2. The van der Waals surface area contributed by atoms with Gasteiger partial charge in [-0.3, -0.25) is 0 Å². The van der Waals surface area contributed by atoms with E-state index in [2.05, 4.69) is 36.1 Å². The highest BCUT2D eigenvalue weighted by Gasteiger charge is 2.17. The van der Waals surface area contributed by atoms with Crippen LogP contribution >= 0.6 is 0 Å². The zero-order valence-corrected chi connectivity index (χ0v) is 12.4. The molecule has 5 nitrogen and oxygen atoms in total. The van der Waals surface area contributed by atoms with Crippen molar-refractivity contribution in [3.05, 3.63) is 12.4 Å². The van der Waals surface area contributed by atoms with E-state index < -0.39 is 0 Å². The molecule has 0 spiro atoms. The van der Waals surface area contributed by atoms with E-state index in [0.717, 1.165) is 31.8 Å². The summed E-state index contributed by atoms with van der Waals surface area (Å²) in [4.78, 5) is 8.27. The van der Waals surface area contributed by atoms with Gasteiger partial charge in [-0.15, -0.1) is 0 Å². The zero-order chi connectivity index (χ0) is 14.1. The Labute approximate surface area is 115 Å². The molecule has 0 saturated carbocycles. The van der Waals surface area contributed by atoms with Gasteiger partial charge < -0.3 is 14.8 Å². The van der Waals surface area contributed by atoms with Crippen LogP contribution in [0.3, 0.4) is 0 Å². The molecule has 108 valence electrons. The Kier molecular flexibility index (Phi) is 6.56. The Hall–Kier alpha value is -1.36. The van der Waals surface area contributed by atoms with Crippen molar-refractivity contribution < 1.29 is 9.47 Å². The monoisotopic (exact) mass is 267 g/mol. The van der Waals surface area contributed by atoms with Crippen LogP contribution in [-0.2, 0) is 4.74 Å². The van der Waals surface area contributed by atoms with Gasteiger partial charge in [-0.25, -0.2) is 9.97 Å². The maximum Gasteiger partial charge on any atom is 0.218 e. The normalized spacial score (nSPS) is 11.4. The molecule has 0 fully saturated rings. The molecule has 1 rings (SSSR count). The molecule has 1 N–H and O–H groups in total. The van der Waals surface area contributed by atoms with Crippen molar-refractivity contribution in [3.63, 3.8) is 0 Å². The molecule has 0 aliphatic carbocycles. The number of anilines is 1. The first kappa shape index (κ1) is 15.7. The number of nitrogens with one attached hydrogen (secondary N) is 1. The SMILES string of the molecule is CCCOc1cc(NCC(C)(C)CCOC)ncn1. The van der Waals surface area contributed by atoms with Crippen LogP contribution in [0.25, 0.3) is 0 Å². The number of nitrogens with zero attached hydrogens (tertiary/aromatic N) is 2. The largest absolute Gasteiger partial charge is 0.478 e. The first-order chi connectivity index (χ1) is 9.07. The molecule has 1 aromatic rings. The lowest BCUT2D eigenvalue weighted by Crippen LogP contribution is -2.25. The minimum absolute atomic E-state index is 0.158. The van der Waals surface area contributed by atoms with E-state index in [1.165, 1.54) is 6.33 Å². The van der Waals surface area contributed by atoms with Crippen LogP contribution in [0, 0.1) is 5.41 Å². The Morgan fingerprint density at radius 3 is 2.74 bits per heavy atom. The van der Waals surface area contributed by atoms with Crippen molar-refractivity contribution >= 4 is 5.82 Å². The summed E-state index contributed by atoms with van der Waals surface area (Å²) in [5.41, 5.74) is 0.158. The quantitative estimate of drug-likeness (QED) is 0.745. The van der Waals surface area contributed by atoms with Crippen LogP contribution in [0.4, 0.5) is 5.82 Å². The molecule has 1 aromatic heterocycles. The molecule has 0 aromatic carbocycles. The van der Waals surface area contributed by atoms with Crippen molar-refractivity contribution in [1.29, 1.82) is 0 Å². The van der Waals surface area contributed by atoms with Gasteiger partial charge in [0.15, 0.2) is 0 Å². The van der Waals surface area contributed by atoms with E-state index in [1.54, 1.807) is 7.11 Å². The molecule has 1 heterocycles. The number of rotatable bonds is 9. The molecule has 0 bridgehead atoms. The predicted octanol–water partition coefficient (Wildman–Crippen LogP) is 2.74. The summed E-state index contributed by atoms with van der Waals surface area (Å²) >= 11 is 0. The lowest BCUT2D eigenvalue weighted by molar-refractivity contribution is 0.157. The first-order valence-corrected chi connectivity index (χ1v) is 6.75. The van der Waals surface area contributed by atoms with Gasteiger partial charge in [-0.05, 0) is 18.3 Å². The highest BCUT2D eigenvalue weighted by molar-refractivity contribution is 5.37. The van der Waals surface area contributed by atoms with Crippen molar-refractivity contribution in [2.75, 3.05) is 32.2 Å². The predicted molar refractivity (Wildman–Crippen MR) is 76.6 cm³/mol. The summed E-state index contributed by atoms with van der Waals surface area (Å²) in [5.74, 6) is 1.42. The number of aromatic nitrogens is 2. The Morgan fingerprint density at radius 2 is 2.05 bits per heavy atom. The third-order valence-electron chi connectivity index (χ3n) is 2.83. The topological polar surface area (TPSA) is 56.3 Å². The van der Waals surface area contributed by atoms with Gasteiger partial charge in [0, 0.05) is 26.3 Å². The maximum absolute atomic E-state index is 5.48. The fraction of sp³-hybridized carbons (Fsp3) is 0.714. The van der Waals surface area contributed by atoms with E-state index in [9.17, 15) is 0 Å². The van der Waals surface area contributed by atoms with E-state index in [0.29, 0.717) is 12.5 Å². The Balaban J connectivity index is 2.48. The van der Waals surface area contributed by atoms with Gasteiger partial charge >= 0.3 is 0 Å². The second kappa shape index (κ2) is 7.94. The van der Waals surface area contributed by atoms with Crippen LogP contribution in [0.2, 0.25) is 0 Å². The van der Waals surface area contributed by atoms with E-state index >= 15 is 0 Å². The fourth-order valence-corrected chi connectivity index (χ4v) is 1.52. The third kappa shape index (κ3) is 6.38. The highest BCUT2D eigenvalue weighted by Crippen LogP contribution is 2.21. The van der Waals surface area contributed by atoms with Crippen molar-refractivity contribution in [2.24, 2.45) is 5.41 Å². The lowest BCUT2D eigenvalue weighted by atomic mass is 9.90. The molecule has 0 aliphatic heterocycles. The average molecular weight is 267 g/mol. The molecule has 0 amide bonds. The van der Waals surface area contributed by atoms with Gasteiger partial charge in [0.1, 0.15) is 12.1 Å². The molecule has 5 heteroatoms. The van der Waals surface area contributed by atoms with Crippen molar-refractivity contribution in [1.82, 2.24) is 9.97 Å². The number of ether oxygens (including phenoxy) is 2. The van der Waals surface area contributed by atoms with Gasteiger partial charge in [0.2, 0.25) is 5.88 Å². The van der Waals surface area contributed by atoms with Crippen LogP contribution in [0.1, 0.15) is 33.6 Å². The van der Waals surface area contributed by atoms with E-state index in [4.69, 9.17) is 9.47 Å². The minimum Gasteiger partial charge on any atom is -0.478 e. The molecular weight excluding hydrogens is 242 g/mol. The Bertz CT molecular complexity index is 369. The minimum atomic E-state index is 0.158. The van der Waals surface area contributed by atoms with Crippen molar-refractivity contribution in [3.8, 4) is 5.88 Å². The second-order valence-corrected chi connectivity index (χ2v) is 5.35. The molecule has 0 atom stereocenters. The molecule has 0 aliphatic rings. The highest BCUT2D eigenvalue weighted by atomic mass is 16.5. The van der Waals surface area contributed by atoms with Crippen LogP contribution < -0.4 is 10.1 Å². The fourth-order valence-electron chi connectivity index (χ4n) is 1.52. The van der Waals surface area contributed by atoms with E-state index in [-0.39, 0.29) is 5.41 Å². The smallest absolute Gasteiger partial charge is 0.218 e. The van der Waals surface area contributed by atoms with Crippen LogP contribution in [-0.4, -0.2) is 36.8 Å². The van der Waals surface area contributed by atoms with Crippen LogP contribution in [0.5, 0.6) is 5.88 Å². The first-order valence-electron chi connectivity index (χ1n) is 6.75. The summed E-state index contributed by atoms with van der Waals surface area (Å²) in [5, 5.41) is 3.32. The van der Waals surface area contributed by atoms with Crippen molar-refractivity contribution in [2.45, 2.75) is 33.6 Å². The summed E-state index contributed by atoms with van der Waals surface area (Å²) in [7, 11) is 1.73. The summed E-state index contributed by atoms with van der Waals surface area (Å²) in [6, 6.07) is 1.84. The van der Waals surface area contributed by atoms with Gasteiger partial charge in [0.25, 0.3) is 0 Å². The summed E-state index contributed by atoms with van der Waals surface area (Å²) in [6.07, 6.45) is 3.49. The van der Waals surface area contributed by atoms with Gasteiger partial charge in [0.05, 0.1) is 6.61 Å². The molecule has 19 heavy (non-hydrogen) atoms. The third-order valence-corrected chi connectivity index (χ3v) is 2.83. The summed E-state index contributed by atoms with van der Waals surface area (Å²) in [6.45, 7) is 8.75. The van der Waals surface area contributed by atoms with Gasteiger partial charge in [-0.1, -0.05) is 20.8 Å². The molecule has 0 radical (unpaired) electrons. The molecule has 0 unspecified atom stereocenters. The second-order valence-electron chi connectivity index (χ2n) is 5.35. The standard InChI is InChI=1S/C14H25N3O2/c1-5-7-19-13-9-12(16-11-17-13)15-10-14(2,3)6-8-18-4/h9,11H,5-8,10H2,1-4H3,(H,15,16,17). The van der Waals surface area contributed by atoms with Crippen LogP contribution in [0.15, 0.2) is 12.4 Å². The molecule has 0 saturated heterocycles. The Morgan fingerprint density at radius 1 is 1.26 bits per heavy atom. The number of hydrogen-bond donors (Lipinski definition) is 1. The number of methoxy groups -OCH3 is 1. The summed E-state index contributed by atoms with van der Waals surface area (Å²) < 4.78 is 10.6. The van der Waals surface area contributed by atoms with Gasteiger partial charge in [-0.2, -0.15) is 0 Å². The van der Waals surface area contributed by atoms with E-state index in [1.807, 2.05) is 6.07 Å². The maximum atomic E-state index is 5.48. The zero-order valence-electron chi connectivity index (χ0n) is 12.4. The number of hydrogen-bond acceptors (Lipinski definition) is 5.